The number of rotatable bonds is 4. The zero-order valence-electron chi connectivity index (χ0n) is 12.5. The van der Waals surface area contributed by atoms with Crippen molar-refractivity contribution in [2.75, 3.05) is 5.73 Å². The highest BCUT2D eigenvalue weighted by Crippen LogP contribution is 2.32. The SMILES string of the molecule is N#Cc1cc(N)c(Oc2ccc(F)cc2)n1Cc1cccc(F)c1. The van der Waals surface area contributed by atoms with E-state index >= 15 is 0 Å². The fourth-order valence-corrected chi connectivity index (χ4v) is 2.35. The maximum Gasteiger partial charge on any atom is 0.224 e. The van der Waals surface area contributed by atoms with E-state index in [4.69, 9.17) is 10.5 Å². The lowest BCUT2D eigenvalue weighted by Crippen LogP contribution is -2.05. The number of benzene rings is 2. The van der Waals surface area contributed by atoms with Crippen molar-refractivity contribution in [3.05, 3.63) is 77.5 Å². The van der Waals surface area contributed by atoms with Crippen LogP contribution >= 0.6 is 0 Å². The average Bonchev–Trinajstić information content (AvgIpc) is 2.85. The molecule has 0 fully saturated rings. The van der Waals surface area contributed by atoms with Crippen molar-refractivity contribution in [2.45, 2.75) is 6.54 Å². The number of aromatic nitrogens is 1. The Bertz CT molecular complexity index is 911. The molecule has 0 saturated heterocycles. The molecule has 2 N–H and O–H groups in total. The van der Waals surface area contributed by atoms with Crippen LogP contribution in [0.3, 0.4) is 0 Å². The molecule has 120 valence electrons. The van der Waals surface area contributed by atoms with Gasteiger partial charge in [0.05, 0.1) is 12.2 Å². The average molecular weight is 325 g/mol. The molecule has 3 aromatic rings. The first kappa shape index (κ1) is 15.6. The van der Waals surface area contributed by atoms with Crippen LogP contribution < -0.4 is 10.5 Å². The van der Waals surface area contributed by atoms with E-state index in [-0.39, 0.29) is 35.4 Å². The quantitative estimate of drug-likeness (QED) is 0.787. The lowest BCUT2D eigenvalue weighted by molar-refractivity contribution is 0.436. The number of ether oxygens (including phenoxy) is 1. The molecule has 0 atom stereocenters. The minimum Gasteiger partial charge on any atom is -0.439 e. The van der Waals surface area contributed by atoms with Gasteiger partial charge in [-0.15, -0.1) is 0 Å². The van der Waals surface area contributed by atoms with E-state index in [1.807, 2.05) is 6.07 Å². The van der Waals surface area contributed by atoms with Crippen LogP contribution in [0.15, 0.2) is 54.6 Å². The maximum absolute atomic E-state index is 13.4. The number of halogens is 2. The van der Waals surface area contributed by atoms with Crippen LogP contribution in [0.1, 0.15) is 11.3 Å². The second-order valence-corrected chi connectivity index (χ2v) is 5.17. The van der Waals surface area contributed by atoms with Gasteiger partial charge in [0.25, 0.3) is 0 Å². The van der Waals surface area contributed by atoms with Crippen molar-refractivity contribution in [2.24, 2.45) is 0 Å². The topological polar surface area (TPSA) is 64.0 Å². The Kier molecular flexibility index (Phi) is 4.17. The molecule has 0 unspecified atom stereocenters. The molecular weight excluding hydrogens is 312 g/mol. The molecule has 6 heteroatoms. The van der Waals surface area contributed by atoms with Gasteiger partial charge in [0.1, 0.15) is 29.1 Å². The van der Waals surface area contributed by atoms with Gasteiger partial charge in [0.2, 0.25) is 5.88 Å². The van der Waals surface area contributed by atoms with Crippen molar-refractivity contribution in [1.82, 2.24) is 4.57 Å². The number of nitrogens with two attached hydrogens (primary N) is 1. The van der Waals surface area contributed by atoms with Crippen molar-refractivity contribution in [1.29, 1.82) is 5.26 Å². The Morgan fingerprint density at radius 2 is 1.79 bits per heavy atom. The number of anilines is 1. The van der Waals surface area contributed by atoms with Crippen molar-refractivity contribution < 1.29 is 13.5 Å². The van der Waals surface area contributed by atoms with Gasteiger partial charge in [-0.05, 0) is 42.0 Å². The van der Waals surface area contributed by atoms with Crippen LogP contribution in [0.2, 0.25) is 0 Å². The summed E-state index contributed by atoms with van der Waals surface area (Å²) in [4.78, 5) is 0. The third-order valence-electron chi connectivity index (χ3n) is 3.45. The van der Waals surface area contributed by atoms with Crippen LogP contribution in [-0.2, 0) is 6.54 Å². The van der Waals surface area contributed by atoms with Crippen LogP contribution in [0.4, 0.5) is 14.5 Å². The molecule has 4 nitrogen and oxygen atoms in total. The largest absolute Gasteiger partial charge is 0.439 e. The van der Waals surface area contributed by atoms with Crippen LogP contribution in [0.25, 0.3) is 0 Å². The zero-order chi connectivity index (χ0) is 17.1. The number of hydrogen-bond donors (Lipinski definition) is 1. The molecule has 3 rings (SSSR count). The van der Waals surface area contributed by atoms with Gasteiger partial charge < -0.3 is 10.5 Å². The first-order valence-electron chi connectivity index (χ1n) is 7.14. The summed E-state index contributed by atoms with van der Waals surface area (Å²) < 4.78 is 33.6. The fraction of sp³-hybridized carbons (Fsp3) is 0.0556. The monoisotopic (exact) mass is 325 g/mol. The molecule has 0 bridgehead atoms. The number of nitriles is 1. The maximum atomic E-state index is 13.4. The highest BCUT2D eigenvalue weighted by Gasteiger charge is 2.16. The molecule has 0 aliphatic rings. The predicted octanol–water partition coefficient (Wildman–Crippen LogP) is 4.06. The first-order chi connectivity index (χ1) is 11.6. The van der Waals surface area contributed by atoms with E-state index in [1.165, 1.54) is 42.5 Å². The van der Waals surface area contributed by atoms with E-state index in [0.717, 1.165) is 0 Å². The second-order valence-electron chi connectivity index (χ2n) is 5.17. The first-order valence-corrected chi connectivity index (χ1v) is 7.14. The van der Waals surface area contributed by atoms with Gasteiger partial charge >= 0.3 is 0 Å². The molecule has 0 saturated carbocycles. The van der Waals surface area contributed by atoms with E-state index in [9.17, 15) is 14.0 Å². The molecule has 1 aromatic heterocycles. The summed E-state index contributed by atoms with van der Waals surface area (Å²) in [6.07, 6.45) is 0. The third-order valence-corrected chi connectivity index (χ3v) is 3.45. The zero-order valence-corrected chi connectivity index (χ0v) is 12.5. The van der Waals surface area contributed by atoms with E-state index in [2.05, 4.69) is 0 Å². The molecular formula is C18H13F2N3O. The molecule has 0 amide bonds. The van der Waals surface area contributed by atoms with Gasteiger partial charge in [-0.3, -0.25) is 4.57 Å². The van der Waals surface area contributed by atoms with Crippen molar-refractivity contribution >= 4 is 5.69 Å². The summed E-state index contributed by atoms with van der Waals surface area (Å²) >= 11 is 0. The Balaban J connectivity index is 1.98. The van der Waals surface area contributed by atoms with E-state index < -0.39 is 0 Å². The highest BCUT2D eigenvalue weighted by atomic mass is 19.1. The predicted molar refractivity (Wildman–Crippen MR) is 85.5 cm³/mol. The fourth-order valence-electron chi connectivity index (χ4n) is 2.35. The van der Waals surface area contributed by atoms with E-state index in [0.29, 0.717) is 11.3 Å². The van der Waals surface area contributed by atoms with Crippen molar-refractivity contribution in [3.63, 3.8) is 0 Å². The minimum atomic E-state index is -0.386. The number of nitrogens with zero attached hydrogens (tertiary/aromatic N) is 2. The number of nitrogen functional groups attached to an aromatic ring is 1. The molecule has 24 heavy (non-hydrogen) atoms. The molecule has 0 spiro atoms. The molecule has 1 heterocycles. The summed E-state index contributed by atoms with van der Waals surface area (Å²) in [7, 11) is 0. The molecule has 0 radical (unpaired) electrons. The summed E-state index contributed by atoms with van der Waals surface area (Å²) in [5, 5.41) is 9.29. The Morgan fingerprint density at radius 1 is 1.04 bits per heavy atom. The van der Waals surface area contributed by atoms with E-state index in [1.54, 1.807) is 16.7 Å². The Hall–Kier alpha value is -3.33. The summed E-state index contributed by atoms with van der Waals surface area (Å²) in [5.41, 5.74) is 7.15. The van der Waals surface area contributed by atoms with Gasteiger partial charge in [-0.1, -0.05) is 12.1 Å². The lowest BCUT2D eigenvalue weighted by Gasteiger charge is -2.12. The normalized spacial score (nSPS) is 10.4. The molecule has 0 aliphatic heterocycles. The number of hydrogen-bond acceptors (Lipinski definition) is 3. The molecule has 2 aromatic carbocycles. The van der Waals surface area contributed by atoms with Crippen LogP contribution in [0, 0.1) is 23.0 Å². The third kappa shape index (κ3) is 3.20. The lowest BCUT2D eigenvalue weighted by atomic mass is 10.2. The standard InChI is InChI=1S/C18H13F2N3O/c19-13-4-6-16(7-5-13)24-18-17(22)9-15(10-21)23(18)11-12-2-1-3-14(20)8-12/h1-9H,11,22H2. The smallest absolute Gasteiger partial charge is 0.224 e. The van der Waals surface area contributed by atoms with Gasteiger partial charge in [0, 0.05) is 6.07 Å². The van der Waals surface area contributed by atoms with Crippen LogP contribution in [-0.4, -0.2) is 4.57 Å². The van der Waals surface area contributed by atoms with Crippen molar-refractivity contribution in [3.8, 4) is 17.7 Å². The molecule has 0 aliphatic carbocycles. The highest BCUT2D eigenvalue weighted by molar-refractivity contribution is 5.56. The summed E-state index contributed by atoms with van der Waals surface area (Å²) in [5.74, 6) is -0.121. The van der Waals surface area contributed by atoms with Crippen LogP contribution in [0.5, 0.6) is 11.6 Å². The summed E-state index contributed by atoms with van der Waals surface area (Å²) in [6, 6.07) is 15.0. The van der Waals surface area contributed by atoms with Gasteiger partial charge in [-0.25, -0.2) is 8.78 Å². The Labute approximate surface area is 137 Å². The summed E-state index contributed by atoms with van der Waals surface area (Å²) in [6.45, 7) is 0.217. The Morgan fingerprint density at radius 3 is 2.46 bits per heavy atom. The second kappa shape index (κ2) is 6.42. The van der Waals surface area contributed by atoms with Gasteiger partial charge in [-0.2, -0.15) is 5.26 Å². The van der Waals surface area contributed by atoms with Gasteiger partial charge in [0.15, 0.2) is 0 Å². The minimum absolute atomic E-state index is 0.217.